The highest BCUT2D eigenvalue weighted by molar-refractivity contribution is 4.82. The number of nitrogens with zero attached hydrogens (tertiary/aromatic N) is 1. The van der Waals surface area contributed by atoms with Gasteiger partial charge in [0.05, 0.1) is 13.2 Å². The Balaban J connectivity index is 2.03. The van der Waals surface area contributed by atoms with Crippen molar-refractivity contribution in [2.75, 3.05) is 33.4 Å². The average molecular weight is 242 g/mol. The van der Waals surface area contributed by atoms with Crippen LogP contribution in [0, 0.1) is 5.41 Å². The SMILES string of the molecule is CC(C)NCC(C)(C)COCCN(C)C1CC1. The Bertz CT molecular complexity index is 212. The third-order valence-electron chi connectivity index (χ3n) is 3.24. The summed E-state index contributed by atoms with van der Waals surface area (Å²) in [6.45, 7) is 12.7. The molecule has 0 unspecified atom stereocenters. The van der Waals surface area contributed by atoms with E-state index in [4.69, 9.17) is 4.74 Å². The van der Waals surface area contributed by atoms with Crippen molar-refractivity contribution in [3.63, 3.8) is 0 Å². The van der Waals surface area contributed by atoms with Crippen LogP contribution >= 0.6 is 0 Å². The van der Waals surface area contributed by atoms with Crippen molar-refractivity contribution in [3.05, 3.63) is 0 Å². The van der Waals surface area contributed by atoms with Gasteiger partial charge in [0.15, 0.2) is 0 Å². The largest absolute Gasteiger partial charge is 0.380 e. The molecule has 102 valence electrons. The number of likely N-dealkylation sites (N-methyl/N-ethyl adjacent to an activating group) is 1. The van der Waals surface area contributed by atoms with Crippen molar-refractivity contribution < 1.29 is 4.74 Å². The van der Waals surface area contributed by atoms with E-state index in [0.29, 0.717) is 6.04 Å². The van der Waals surface area contributed by atoms with Crippen LogP contribution in [-0.4, -0.2) is 50.3 Å². The standard InChI is InChI=1S/C14H30N2O/c1-12(2)15-10-14(3,4)11-17-9-8-16(5)13-6-7-13/h12-13,15H,6-11H2,1-5H3. The van der Waals surface area contributed by atoms with Crippen molar-refractivity contribution in [3.8, 4) is 0 Å². The fraction of sp³-hybridized carbons (Fsp3) is 1.00. The van der Waals surface area contributed by atoms with Crippen molar-refractivity contribution in [1.29, 1.82) is 0 Å². The highest BCUT2D eigenvalue weighted by Crippen LogP contribution is 2.24. The van der Waals surface area contributed by atoms with Crippen LogP contribution in [0.5, 0.6) is 0 Å². The van der Waals surface area contributed by atoms with Crippen molar-refractivity contribution in [1.82, 2.24) is 10.2 Å². The molecule has 1 rings (SSSR count). The first-order chi connectivity index (χ1) is 7.91. The molecule has 0 bridgehead atoms. The molecule has 1 aliphatic rings. The zero-order valence-corrected chi connectivity index (χ0v) is 12.3. The van der Waals surface area contributed by atoms with Crippen LogP contribution in [0.1, 0.15) is 40.5 Å². The Morgan fingerprint density at radius 2 is 2.00 bits per heavy atom. The molecule has 0 radical (unpaired) electrons. The molecule has 1 fully saturated rings. The zero-order chi connectivity index (χ0) is 12.9. The molecule has 3 heteroatoms. The molecule has 0 aromatic carbocycles. The molecule has 1 aliphatic carbocycles. The molecule has 0 aromatic rings. The van der Waals surface area contributed by atoms with E-state index in [2.05, 4.69) is 45.0 Å². The second-order valence-corrected chi connectivity index (χ2v) is 6.46. The van der Waals surface area contributed by atoms with Gasteiger partial charge in [0.1, 0.15) is 0 Å². The zero-order valence-electron chi connectivity index (χ0n) is 12.3. The Morgan fingerprint density at radius 1 is 1.35 bits per heavy atom. The van der Waals surface area contributed by atoms with E-state index in [0.717, 1.165) is 32.3 Å². The Labute approximate surface area is 107 Å². The second kappa shape index (κ2) is 6.72. The summed E-state index contributed by atoms with van der Waals surface area (Å²) in [6.07, 6.45) is 2.75. The monoisotopic (exact) mass is 242 g/mol. The van der Waals surface area contributed by atoms with E-state index in [1.807, 2.05) is 0 Å². The Hall–Kier alpha value is -0.120. The number of ether oxygens (including phenoxy) is 1. The minimum absolute atomic E-state index is 0.225. The van der Waals surface area contributed by atoms with E-state index in [9.17, 15) is 0 Å². The summed E-state index contributed by atoms with van der Waals surface area (Å²) in [5, 5.41) is 3.47. The van der Waals surface area contributed by atoms with Crippen molar-refractivity contribution >= 4 is 0 Å². The number of hydrogen-bond donors (Lipinski definition) is 1. The van der Waals surface area contributed by atoms with E-state index in [-0.39, 0.29) is 5.41 Å². The van der Waals surface area contributed by atoms with Gasteiger partial charge < -0.3 is 15.0 Å². The van der Waals surface area contributed by atoms with Gasteiger partial charge >= 0.3 is 0 Å². The van der Waals surface area contributed by atoms with Crippen LogP contribution in [0.25, 0.3) is 0 Å². The highest BCUT2D eigenvalue weighted by atomic mass is 16.5. The van der Waals surface area contributed by atoms with Gasteiger partial charge in [0.2, 0.25) is 0 Å². The molecule has 1 N–H and O–H groups in total. The smallest absolute Gasteiger partial charge is 0.0593 e. The second-order valence-electron chi connectivity index (χ2n) is 6.46. The average Bonchev–Trinajstić information content (AvgIpc) is 3.05. The Kier molecular flexibility index (Phi) is 5.90. The van der Waals surface area contributed by atoms with Gasteiger partial charge in [0.25, 0.3) is 0 Å². The minimum Gasteiger partial charge on any atom is -0.380 e. The van der Waals surface area contributed by atoms with E-state index in [1.165, 1.54) is 12.8 Å². The van der Waals surface area contributed by atoms with Crippen LogP contribution in [0.3, 0.4) is 0 Å². The molecule has 0 amide bonds. The predicted molar refractivity (Wildman–Crippen MR) is 73.4 cm³/mol. The topological polar surface area (TPSA) is 24.5 Å². The van der Waals surface area contributed by atoms with E-state index < -0.39 is 0 Å². The maximum Gasteiger partial charge on any atom is 0.0593 e. The van der Waals surface area contributed by atoms with Crippen LogP contribution in [0.4, 0.5) is 0 Å². The summed E-state index contributed by atoms with van der Waals surface area (Å²) in [5.74, 6) is 0. The van der Waals surface area contributed by atoms with Gasteiger partial charge in [-0.2, -0.15) is 0 Å². The van der Waals surface area contributed by atoms with Gasteiger partial charge in [0, 0.05) is 30.6 Å². The molecule has 0 heterocycles. The highest BCUT2D eigenvalue weighted by Gasteiger charge is 2.25. The molecular formula is C14H30N2O. The van der Waals surface area contributed by atoms with Crippen LogP contribution in [-0.2, 0) is 4.74 Å². The fourth-order valence-electron chi connectivity index (χ4n) is 1.79. The lowest BCUT2D eigenvalue weighted by Crippen LogP contribution is -2.37. The van der Waals surface area contributed by atoms with Crippen molar-refractivity contribution in [2.45, 2.75) is 52.6 Å². The fourth-order valence-corrected chi connectivity index (χ4v) is 1.79. The summed E-state index contributed by atoms with van der Waals surface area (Å²) in [4.78, 5) is 2.42. The summed E-state index contributed by atoms with van der Waals surface area (Å²) < 4.78 is 5.80. The molecule has 0 aromatic heterocycles. The third-order valence-corrected chi connectivity index (χ3v) is 3.24. The summed E-state index contributed by atoms with van der Waals surface area (Å²) in [6, 6.07) is 1.39. The molecule has 0 saturated heterocycles. The molecule has 0 atom stereocenters. The number of nitrogens with one attached hydrogen (secondary N) is 1. The maximum atomic E-state index is 5.80. The number of hydrogen-bond acceptors (Lipinski definition) is 3. The van der Waals surface area contributed by atoms with Gasteiger partial charge in [-0.25, -0.2) is 0 Å². The first-order valence-electron chi connectivity index (χ1n) is 6.92. The maximum absolute atomic E-state index is 5.80. The van der Waals surface area contributed by atoms with Crippen molar-refractivity contribution in [2.24, 2.45) is 5.41 Å². The quantitative estimate of drug-likeness (QED) is 0.627. The lowest BCUT2D eigenvalue weighted by atomic mass is 9.94. The Morgan fingerprint density at radius 3 is 2.53 bits per heavy atom. The normalized spacial score (nSPS) is 17.1. The van der Waals surface area contributed by atoms with Crippen LogP contribution in [0.15, 0.2) is 0 Å². The van der Waals surface area contributed by atoms with Gasteiger partial charge in [-0.05, 0) is 19.9 Å². The number of rotatable bonds is 9. The molecular weight excluding hydrogens is 212 g/mol. The summed E-state index contributed by atoms with van der Waals surface area (Å²) >= 11 is 0. The summed E-state index contributed by atoms with van der Waals surface area (Å²) in [7, 11) is 2.20. The third kappa shape index (κ3) is 7.02. The summed E-state index contributed by atoms with van der Waals surface area (Å²) in [5.41, 5.74) is 0.225. The molecule has 3 nitrogen and oxygen atoms in total. The van der Waals surface area contributed by atoms with E-state index >= 15 is 0 Å². The molecule has 17 heavy (non-hydrogen) atoms. The first kappa shape index (κ1) is 14.9. The van der Waals surface area contributed by atoms with Gasteiger partial charge in [-0.15, -0.1) is 0 Å². The first-order valence-corrected chi connectivity index (χ1v) is 6.92. The molecule has 0 spiro atoms. The lowest BCUT2D eigenvalue weighted by Gasteiger charge is -2.26. The predicted octanol–water partition coefficient (Wildman–Crippen LogP) is 2.12. The van der Waals surface area contributed by atoms with E-state index in [1.54, 1.807) is 0 Å². The van der Waals surface area contributed by atoms with Crippen LogP contribution < -0.4 is 5.32 Å². The molecule has 1 saturated carbocycles. The minimum atomic E-state index is 0.225. The molecule has 0 aliphatic heterocycles. The van der Waals surface area contributed by atoms with Gasteiger partial charge in [-0.1, -0.05) is 27.7 Å². The lowest BCUT2D eigenvalue weighted by molar-refractivity contribution is 0.0491. The van der Waals surface area contributed by atoms with Crippen LogP contribution in [0.2, 0.25) is 0 Å². The van der Waals surface area contributed by atoms with Gasteiger partial charge in [-0.3, -0.25) is 0 Å².